The lowest BCUT2D eigenvalue weighted by molar-refractivity contribution is -0.625. The molecule has 0 aliphatic carbocycles. The Morgan fingerprint density at radius 2 is 2.42 bits per heavy atom. The van der Waals surface area contributed by atoms with Gasteiger partial charge in [0.1, 0.15) is 0 Å². The van der Waals surface area contributed by atoms with E-state index < -0.39 is 0 Å². The standard InChI is InChI=1S/C6H9BrN4O/c1-2-12-6-5(8)11(9)3-4(7)10-6/h3,8H,2,9H2,1H3/p+1. The lowest BCUT2D eigenvalue weighted by Crippen LogP contribution is -2.47. The maximum atomic E-state index is 5.57. The van der Waals surface area contributed by atoms with E-state index in [-0.39, 0.29) is 0 Å². The zero-order chi connectivity index (χ0) is 9.14. The van der Waals surface area contributed by atoms with E-state index in [2.05, 4.69) is 20.9 Å². The van der Waals surface area contributed by atoms with Gasteiger partial charge in [-0.2, -0.15) is 4.98 Å². The van der Waals surface area contributed by atoms with Gasteiger partial charge in [-0.1, -0.05) is 0 Å². The molecule has 0 atom stereocenters. The van der Waals surface area contributed by atoms with Crippen LogP contribution in [0.25, 0.3) is 0 Å². The fourth-order valence-electron chi connectivity index (χ4n) is 0.721. The number of nitrogen functional groups attached to an aromatic ring is 2. The number of hydrogen-bond donors (Lipinski definition) is 2. The lowest BCUT2D eigenvalue weighted by Gasteiger charge is -2.03. The van der Waals surface area contributed by atoms with E-state index in [1.165, 1.54) is 4.68 Å². The SMILES string of the molecule is CCOc1nc(Br)c[n+](N)c1N. The maximum absolute atomic E-state index is 5.57. The Bertz CT molecular complexity index is 291. The Morgan fingerprint density at radius 3 is 3.00 bits per heavy atom. The molecule has 12 heavy (non-hydrogen) atoms. The highest BCUT2D eigenvalue weighted by Gasteiger charge is 2.13. The molecule has 0 saturated carbocycles. The Morgan fingerprint density at radius 1 is 1.75 bits per heavy atom. The number of nitrogens with two attached hydrogens (primary N) is 2. The van der Waals surface area contributed by atoms with Crippen molar-refractivity contribution in [2.24, 2.45) is 0 Å². The molecule has 0 aromatic carbocycles. The van der Waals surface area contributed by atoms with Crippen molar-refractivity contribution in [3.8, 4) is 5.88 Å². The van der Waals surface area contributed by atoms with Gasteiger partial charge >= 0.3 is 11.7 Å². The van der Waals surface area contributed by atoms with Crippen LogP contribution in [0.15, 0.2) is 10.8 Å². The summed E-state index contributed by atoms with van der Waals surface area (Å²) in [5, 5.41) is 0. The highest BCUT2D eigenvalue weighted by Crippen LogP contribution is 2.15. The average molecular weight is 234 g/mol. The predicted octanol–water partition coefficient (Wildman–Crippen LogP) is -0.174. The van der Waals surface area contributed by atoms with Crippen LogP contribution in [0.5, 0.6) is 5.88 Å². The summed E-state index contributed by atoms with van der Waals surface area (Å²) >= 11 is 3.17. The van der Waals surface area contributed by atoms with Crippen molar-refractivity contribution < 1.29 is 9.41 Å². The summed E-state index contributed by atoms with van der Waals surface area (Å²) in [7, 11) is 0. The third-order valence-corrected chi connectivity index (χ3v) is 1.61. The summed E-state index contributed by atoms with van der Waals surface area (Å²) in [6.07, 6.45) is 1.55. The molecule has 0 unspecified atom stereocenters. The van der Waals surface area contributed by atoms with E-state index in [4.69, 9.17) is 16.3 Å². The minimum absolute atomic E-state index is 0.306. The van der Waals surface area contributed by atoms with Gasteiger partial charge in [0.2, 0.25) is 0 Å². The topological polar surface area (TPSA) is 78.0 Å². The molecular formula is C6H10BrN4O+. The van der Waals surface area contributed by atoms with Gasteiger partial charge in [0, 0.05) is 0 Å². The average Bonchev–Trinajstić information content (AvgIpc) is 2.00. The van der Waals surface area contributed by atoms with Crippen molar-refractivity contribution in [2.75, 3.05) is 18.2 Å². The van der Waals surface area contributed by atoms with E-state index in [1.54, 1.807) is 6.20 Å². The molecule has 66 valence electrons. The van der Waals surface area contributed by atoms with Crippen LogP contribution in [-0.2, 0) is 0 Å². The fourth-order valence-corrected chi connectivity index (χ4v) is 1.10. The summed E-state index contributed by atoms with van der Waals surface area (Å²) in [4.78, 5) is 3.99. The molecule has 0 aliphatic heterocycles. The first-order chi connectivity index (χ1) is 5.65. The summed E-state index contributed by atoms with van der Waals surface area (Å²) in [6, 6.07) is 0. The Hall–Kier alpha value is -1.04. The van der Waals surface area contributed by atoms with Crippen LogP contribution in [0, 0.1) is 0 Å². The number of anilines is 1. The van der Waals surface area contributed by atoms with Gasteiger partial charge < -0.3 is 4.74 Å². The Balaban J connectivity index is 3.09. The normalized spacial score (nSPS) is 9.83. The molecule has 5 nitrogen and oxygen atoms in total. The van der Waals surface area contributed by atoms with Crippen molar-refractivity contribution >= 4 is 21.7 Å². The van der Waals surface area contributed by atoms with Crippen molar-refractivity contribution in [1.29, 1.82) is 0 Å². The van der Waals surface area contributed by atoms with E-state index in [1.807, 2.05) is 6.92 Å². The van der Waals surface area contributed by atoms with Crippen molar-refractivity contribution in [3.63, 3.8) is 0 Å². The summed E-state index contributed by atoms with van der Waals surface area (Å²) in [5.74, 6) is 6.14. The smallest absolute Gasteiger partial charge is 0.359 e. The fraction of sp³-hybridized carbons (Fsp3) is 0.333. The quantitative estimate of drug-likeness (QED) is 0.550. The first-order valence-corrected chi connectivity index (χ1v) is 4.20. The first kappa shape index (κ1) is 9.05. The number of halogens is 1. The highest BCUT2D eigenvalue weighted by atomic mass is 79.9. The minimum atomic E-state index is 0.306. The molecule has 0 radical (unpaired) electrons. The monoisotopic (exact) mass is 233 g/mol. The predicted molar refractivity (Wildman–Crippen MR) is 47.9 cm³/mol. The Kier molecular flexibility index (Phi) is 2.69. The van der Waals surface area contributed by atoms with Crippen LogP contribution in [0.4, 0.5) is 5.82 Å². The van der Waals surface area contributed by atoms with Crippen LogP contribution in [0.1, 0.15) is 6.92 Å². The van der Waals surface area contributed by atoms with Crippen LogP contribution in [0.3, 0.4) is 0 Å². The minimum Gasteiger partial charge on any atom is -0.472 e. The number of ether oxygens (including phenoxy) is 1. The van der Waals surface area contributed by atoms with Gasteiger partial charge in [0.25, 0.3) is 0 Å². The highest BCUT2D eigenvalue weighted by molar-refractivity contribution is 9.10. The molecule has 0 amide bonds. The number of aromatic nitrogens is 2. The first-order valence-electron chi connectivity index (χ1n) is 3.40. The summed E-state index contributed by atoms with van der Waals surface area (Å²) in [5.41, 5.74) is 5.57. The van der Waals surface area contributed by atoms with Gasteiger partial charge in [0.15, 0.2) is 10.8 Å². The molecule has 1 aromatic rings. The van der Waals surface area contributed by atoms with Gasteiger partial charge in [-0.15, -0.1) is 4.68 Å². The second-order valence-corrected chi connectivity index (χ2v) is 2.91. The third-order valence-electron chi connectivity index (χ3n) is 1.23. The van der Waals surface area contributed by atoms with Crippen LogP contribution in [-0.4, -0.2) is 11.6 Å². The van der Waals surface area contributed by atoms with Crippen LogP contribution < -0.4 is 21.0 Å². The molecule has 1 rings (SSSR count). The van der Waals surface area contributed by atoms with Crippen molar-refractivity contribution in [1.82, 2.24) is 4.98 Å². The van der Waals surface area contributed by atoms with E-state index in [0.717, 1.165) is 0 Å². The molecule has 0 saturated heterocycles. The second-order valence-electron chi connectivity index (χ2n) is 2.09. The maximum Gasteiger partial charge on any atom is 0.359 e. The Labute approximate surface area is 78.4 Å². The third kappa shape index (κ3) is 1.76. The number of nitrogens with zero attached hydrogens (tertiary/aromatic N) is 2. The van der Waals surface area contributed by atoms with Gasteiger partial charge in [-0.25, -0.2) is 0 Å². The van der Waals surface area contributed by atoms with Crippen LogP contribution >= 0.6 is 15.9 Å². The van der Waals surface area contributed by atoms with Gasteiger partial charge in [-0.05, 0) is 22.9 Å². The van der Waals surface area contributed by atoms with E-state index in [9.17, 15) is 0 Å². The molecule has 1 heterocycles. The number of rotatable bonds is 2. The zero-order valence-electron chi connectivity index (χ0n) is 6.62. The molecule has 0 bridgehead atoms. The molecule has 6 heteroatoms. The molecule has 0 spiro atoms. The van der Waals surface area contributed by atoms with E-state index in [0.29, 0.717) is 22.9 Å². The van der Waals surface area contributed by atoms with Gasteiger partial charge in [0.05, 0.1) is 6.61 Å². The molecular weight excluding hydrogens is 224 g/mol. The second kappa shape index (κ2) is 3.57. The number of hydrogen-bond acceptors (Lipinski definition) is 4. The molecule has 0 aliphatic rings. The molecule has 0 fully saturated rings. The molecule has 1 aromatic heterocycles. The summed E-state index contributed by atoms with van der Waals surface area (Å²) in [6.45, 7) is 2.36. The lowest BCUT2D eigenvalue weighted by atomic mass is 10.6. The molecule has 4 N–H and O–H groups in total. The summed E-state index contributed by atoms with van der Waals surface area (Å²) < 4.78 is 6.97. The van der Waals surface area contributed by atoms with E-state index >= 15 is 0 Å². The van der Waals surface area contributed by atoms with Crippen molar-refractivity contribution in [2.45, 2.75) is 6.92 Å². The largest absolute Gasteiger partial charge is 0.472 e. The van der Waals surface area contributed by atoms with Crippen molar-refractivity contribution in [3.05, 3.63) is 10.8 Å². The zero-order valence-corrected chi connectivity index (χ0v) is 8.21. The van der Waals surface area contributed by atoms with Crippen LogP contribution in [0.2, 0.25) is 0 Å². The van der Waals surface area contributed by atoms with Gasteiger partial charge in [-0.3, -0.25) is 11.6 Å².